The van der Waals surface area contributed by atoms with Crippen molar-refractivity contribution >= 4 is 7.82 Å². The number of phosphoric ester groups is 1. The van der Waals surface area contributed by atoms with E-state index in [4.69, 9.17) is 13.6 Å². The lowest BCUT2D eigenvalue weighted by molar-refractivity contribution is 0.298. The molecule has 0 aliphatic heterocycles. The third-order valence-electron chi connectivity index (χ3n) is 4.49. The maximum atomic E-state index is 13.3. The van der Waals surface area contributed by atoms with E-state index in [1.807, 2.05) is 64.2 Å². The van der Waals surface area contributed by atoms with Crippen molar-refractivity contribution in [3.63, 3.8) is 0 Å². The Hall–Kier alpha value is -2.75. The average Bonchev–Trinajstić information content (AvgIpc) is 2.77. The number of hydrogen-bond acceptors (Lipinski definition) is 5. The number of rotatable bonds is 9. The van der Waals surface area contributed by atoms with Crippen LogP contribution < -0.4 is 18.9 Å². The van der Waals surface area contributed by atoms with E-state index < -0.39 is 7.82 Å². The largest absolute Gasteiger partial charge is 0.647 e. The molecule has 32 heavy (non-hydrogen) atoms. The molecule has 0 saturated heterocycles. The Morgan fingerprint density at radius 3 is 1.19 bits per heavy atom. The molecule has 0 spiro atoms. The van der Waals surface area contributed by atoms with Gasteiger partial charge in [0.1, 0.15) is 17.2 Å². The summed E-state index contributed by atoms with van der Waals surface area (Å²) in [6, 6.07) is 21.6. The summed E-state index contributed by atoms with van der Waals surface area (Å²) in [5.41, 5.74) is 3.23. The minimum atomic E-state index is -3.93. The summed E-state index contributed by atoms with van der Waals surface area (Å²) in [5.74, 6) is 1.24. The van der Waals surface area contributed by atoms with Crippen molar-refractivity contribution in [2.45, 2.75) is 40.5 Å². The molecule has 0 fully saturated rings. The molecule has 0 atom stereocenters. The predicted octanol–water partition coefficient (Wildman–Crippen LogP) is 7.26. The Morgan fingerprint density at radius 2 is 0.969 bits per heavy atom. The molecular weight excluding hydrogens is 421 g/mol. The van der Waals surface area contributed by atoms with Crippen molar-refractivity contribution in [1.29, 1.82) is 0 Å². The fourth-order valence-corrected chi connectivity index (χ4v) is 3.85. The van der Waals surface area contributed by atoms with Gasteiger partial charge in [-0.3, -0.25) is 0 Å². The number of nitrogens with one attached hydrogen (secondary N) is 1. The van der Waals surface area contributed by atoms with Gasteiger partial charge >= 0.3 is 7.82 Å². The summed E-state index contributed by atoms with van der Waals surface area (Å²) in [6.07, 6.45) is 2.59. The van der Waals surface area contributed by atoms with Crippen LogP contribution in [-0.2, 0) is 4.57 Å². The minimum Gasteiger partial charge on any atom is -0.386 e. The monoisotopic (exact) mass is 455 g/mol. The van der Waals surface area contributed by atoms with Gasteiger partial charge in [0.25, 0.3) is 0 Å². The minimum absolute atomic E-state index is 0.415. The molecule has 1 N–H and O–H groups in total. The zero-order chi connectivity index (χ0) is 23.4. The quantitative estimate of drug-likeness (QED) is 0.272. The molecule has 0 radical (unpaired) electrons. The topological polar surface area (TPSA) is 56.8 Å². The van der Waals surface area contributed by atoms with Crippen LogP contribution in [0.3, 0.4) is 0 Å². The molecule has 3 aromatic rings. The van der Waals surface area contributed by atoms with Crippen LogP contribution in [0.4, 0.5) is 0 Å². The van der Waals surface area contributed by atoms with E-state index in [1.54, 1.807) is 36.4 Å². The van der Waals surface area contributed by atoms with Crippen molar-refractivity contribution in [2.24, 2.45) is 0 Å². The van der Waals surface area contributed by atoms with Crippen LogP contribution in [0.1, 0.15) is 36.5 Å². The Bertz CT molecular complexity index is 844. The standard InChI is InChI=1S/C21H21O4P.C5H13N/c1-16-4-10-19(11-5-16)23-26(22,24-20-12-6-17(2)7-13-20)25-21-14-8-18(3)9-15-21;1-3-4-5-6-2/h4-15H,1-3H3;6H,3-5H2,1-2H3. The highest BCUT2D eigenvalue weighted by Gasteiger charge is 2.33. The maximum Gasteiger partial charge on any atom is 0.647 e. The molecule has 0 aromatic heterocycles. The molecule has 0 bridgehead atoms. The molecule has 0 aliphatic rings. The lowest BCUT2D eigenvalue weighted by Crippen LogP contribution is -2.07. The summed E-state index contributed by atoms with van der Waals surface area (Å²) in [4.78, 5) is 0. The van der Waals surface area contributed by atoms with Crippen molar-refractivity contribution in [3.8, 4) is 17.2 Å². The van der Waals surface area contributed by atoms with Crippen LogP contribution in [-0.4, -0.2) is 13.6 Å². The predicted molar refractivity (Wildman–Crippen MR) is 132 cm³/mol. The number of hydrogen-bond donors (Lipinski definition) is 1. The normalized spacial score (nSPS) is 10.7. The van der Waals surface area contributed by atoms with E-state index in [1.165, 1.54) is 12.8 Å². The van der Waals surface area contributed by atoms with E-state index in [2.05, 4.69) is 12.2 Å². The van der Waals surface area contributed by atoms with Crippen LogP contribution in [0, 0.1) is 20.8 Å². The SMILES string of the molecule is CCCCNC.Cc1ccc(OP(=O)(Oc2ccc(C)cc2)Oc2ccc(C)cc2)cc1. The Morgan fingerprint density at radius 1 is 0.656 bits per heavy atom. The molecule has 6 heteroatoms. The first kappa shape index (κ1) is 25.5. The Kier molecular flexibility index (Phi) is 10.3. The second-order valence-electron chi connectivity index (χ2n) is 7.62. The number of unbranched alkanes of at least 4 members (excludes halogenated alkanes) is 1. The summed E-state index contributed by atoms with van der Waals surface area (Å²) in [6.45, 7) is 9.26. The van der Waals surface area contributed by atoms with Crippen molar-refractivity contribution in [1.82, 2.24) is 5.32 Å². The zero-order valence-corrected chi connectivity index (χ0v) is 20.5. The van der Waals surface area contributed by atoms with Gasteiger partial charge in [0, 0.05) is 0 Å². The Balaban J connectivity index is 0.000000534. The fourth-order valence-electron chi connectivity index (χ4n) is 2.59. The highest BCUT2D eigenvalue weighted by atomic mass is 31.2. The fraction of sp³-hybridized carbons (Fsp3) is 0.308. The van der Waals surface area contributed by atoms with Gasteiger partial charge in [-0.2, -0.15) is 4.57 Å². The highest BCUT2D eigenvalue weighted by Crippen LogP contribution is 2.49. The molecule has 0 unspecified atom stereocenters. The van der Waals surface area contributed by atoms with Crippen LogP contribution in [0.2, 0.25) is 0 Å². The summed E-state index contributed by atoms with van der Waals surface area (Å²) in [7, 11) is -1.95. The summed E-state index contributed by atoms with van der Waals surface area (Å²) >= 11 is 0. The summed E-state index contributed by atoms with van der Waals surface area (Å²) in [5, 5.41) is 3.07. The van der Waals surface area contributed by atoms with Gasteiger partial charge in [0.2, 0.25) is 0 Å². The van der Waals surface area contributed by atoms with Gasteiger partial charge in [-0.1, -0.05) is 66.4 Å². The molecule has 0 saturated carbocycles. The van der Waals surface area contributed by atoms with E-state index >= 15 is 0 Å². The van der Waals surface area contributed by atoms with Gasteiger partial charge in [-0.05, 0) is 77.2 Å². The van der Waals surface area contributed by atoms with Gasteiger partial charge in [0.15, 0.2) is 0 Å². The van der Waals surface area contributed by atoms with E-state index in [0.717, 1.165) is 23.2 Å². The number of benzene rings is 3. The number of aryl methyl sites for hydroxylation is 3. The van der Waals surface area contributed by atoms with Gasteiger partial charge < -0.3 is 18.9 Å². The first-order valence-corrected chi connectivity index (χ1v) is 12.3. The van der Waals surface area contributed by atoms with Gasteiger partial charge in [-0.25, -0.2) is 0 Å². The van der Waals surface area contributed by atoms with Crippen molar-refractivity contribution in [3.05, 3.63) is 89.5 Å². The Labute approximate surface area is 192 Å². The average molecular weight is 456 g/mol. The number of phosphoric acid groups is 1. The van der Waals surface area contributed by atoms with E-state index in [-0.39, 0.29) is 0 Å². The zero-order valence-electron chi connectivity index (χ0n) is 19.6. The molecular formula is C26H34NO4P. The maximum absolute atomic E-state index is 13.3. The highest BCUT2D eigenvalue weighted by molar-refractivity contribution is 7.49. The molecule has 0 heterocycles. The molecule has 0 aliphatic carbocycles. The first-order chi connectivity index (χ1) is 15.3. The van der Waals surface area contributed by atoms with Gasteiger partial charge in [-0.15, -0.1) is 0 Å². The molecule has 172 valence electrons. The molecule has 5 nitrogen and oxygen atoms in total. The van der Waals surface area contributed by atoms with Crippen molar-refractivity contribution in [2.75, 3.05) is 13.6 Å². The van der Waals surface area contributed by atoms with Crippen LogP contribution in [0.15, 0.2) is 72.8 Å². The van der Waals surface area contributed by atoms with Crippen LogP contribution >= 0.6 is 7.82 Å². The van der Waals surface area contributed by atoms with Crippen LogP contribution in [0.25, 0.3) is 0 Å². The van der Waals surface area contributed by atoms with Crippen molar-refractivity contribution < 1.29 is 18.1 Å². The summed E-state index contributed by atoms with van der Waals surface area (Å²) < 4.78 is 30.2. The molecule has 3 rings (SSSR count). The molecule has 0 amide bonds. The van der Waals surface area contributed by atoms with E-state index in [0.29, 0.717) is 17.2 Å². The third kappa shape index (κ3) is 9.17. The first-order valence-electron chi connectivity index (χ1n) is 10.9. The third-order valence-corrected chi connectivity index (χ3v) is 5.80. The lowest BCUT2D eigenvalue weighted by atomic mass is 10.2. The second kappa shape index (κ2) is 12.9. The van der Waals surface area contributed by atoms with Crippen LogP contribution in [0.5, 0.6) is 17.2 Å². The van der Waals surface area contributed by atoms with Gasteiger partial charge in [0.05, 0.1) is 0 Å². The molecule has 3 aromatic carbocycles. The smallest absolute Gasteiger partial charge is 0.386 e. The second-order valence-corrected chi connectivity index (χ2v) is 9.06. The van der Waals surface area contributed by atoms with E-state index in [9.17, 15) is 4.57 Å². The lowest BCUT2D eigenvalue weighted by Gasteiger charge is -2.19.